The summed E-state index contributed by atoms with van der Waals surface area (Å²) in [6, 6.07) is 12.0. The topological polar surface area (TPSA) is 18.5 Å². The van der Waals surface area contributed by atoms with Gasteiger partial charge in [0.25, 0.3) is 0 Å². The maximum Gasteiger partial charge on any atom is 0.133 e. The normalized spacial score (nSPS) is 12.0. The molecule has 1 atom stereocenters. The van der Waals surface area contributed by atoms with Crippen LogP contribution in [0.4, 0.5) is 0 Å². The summed E-state index contributed by atoms with van der Waals surface area (Å²) in [5.41, 5.74) is 1.91. The van der Waals surface area contributed by atoms with E-state index in [-0.39, 0.29) is 5.38 Å². The minimum Gasteiger partial charge on any atom is -0.496 e. The molecule has 21 heavy (non-hydrogen) atoms. The van der Waals surface area contributed by atoms with Crippen LogP contribution in [0.25, 0.3) is 0 Å². The van der Waals surface area contributed by atoms with Crippen molar-refractivity contribution in [1.82, 2.24) is 0 Å². The maximum absolute atomic E-state index is 6.63. The lowest BCUT2D eigenvalue weighted by atomic mass is 10.0. The number of methoxy groups -OCH3 is 2. The van der Waals surface area contributed by atoms with Crippen molar-refractivity contribution in [1.29, 1.82) is 0 Å². The standard InChI is InChI=1S/C16H16BrClO2S/c1-19-14-9-13(17)15(20-2)8-12(14)16(18)10-4-6-11(21-3)7-5-10/h4-9,16H,1-3H3. The second-order valence-corrected chi connectivity index (χ2v) is 6.53. The molecule has 2 aromatic rings. The molecule has 0 bridgehead atoms. The predicted octanol–water partition coefficient (Wildman–Crippen LogP) is 5.52. The van der Waals surface area contributed by atoms with E-state index >= 15 is 0 Å². The molecule has 5 heteroatoms. The molecule has 0 N–H and O–H groups in total. The molecule has 1 unspecified atom stereocenters. The number of ether oxygens (including phenoxy) is 2. The van der Waals surface area contributed by atoms with Crippen molar-refractivity contribution < 1.29 is 9.47 Å². The monoisotopic (exact) mass is 386 g/mol. The van der Waals surface area contributed by atoms with E-state index in [4.69, 9.17) is 21.1 Å². The van der Waals surface area contributed by atoms with Crippen molar-refractivity contribution in [3.8, 4) is 11.5 Å². The number of hydrogen-bond donors (Lipinski definition) is 0. The summed E-state index contributed by atoms with van der Waals surface area (Å²) in [6.07, 6.45) is 2.05. The van der Waals surface area contributed by atoms with Crippen LogP contribution in [0, 0.1) is 0 Å². The Balaban J connectivity index is 2.43. The lowest BCUT2D eigenvalue weighted by Crippen LogP contribution is -1.99. The van der Waals surface area contributed by atoms with Gasteiger partial charge < -0.3 is 9.47 Å². The second kappa shape index (κ2) is 7.43. The fourth-order valence-corrected chi connectivity index (χ4v) is 3.24. The highest BCUT2D eigenvalue weighted by Gasteiger charge is 2.18. The molecular weight excluding hydrogens is 372 g/mol. The van der Waals surface area contributed by atoms with Gasteiger partial charge in [-0.05, 0) is 52.0 Å². The number of rotatable bonds is 5. The van der Waals surface area contributed by atoms with Crippen LogP contribution in [0.15, 0.2) is 45.8 Å². The van der Waals surface area contributed by atoms with E-state index in [1.807, 2.05) is 24.3 Å². The molecule has 0 amide bonds. The lowest BCUT2D eigenvalue weighted by Gasteiger charge is -2.17. The van der Waals surface area contributed by atoms with Crippen LogP contribution in [0.5, 0.6) is 11.5 Å². The Kier molecular flexibility index (Phi) is 5.85. The molecule has 0 spiro atoms. The highest BCUT2D eigenvalue weighted by molar-refractivity contribution is 9.10. The fraction of sp³-hybridized carbons (Fsp3) is 0.250. The Morgan fingerprint density at radius 2 is 1.67 bits per heavy atom. The van der Waals surface area contributed by atoms with E-state index in [0.29, 0.717) is 0 Å². The summed E-state index contributed by atoms with van der Waals surface area (Å²) >= 11 is 11.8. The Hall–Kier alpha value is -0.840. The molecule has 2 aromatic carbocycles. The molecule has 0 saturated carbocycles. The third-order valence-electron chi connectivity index (χ3n) is 3.19. The molecule has 0 aliphatic rings. The first-order valence-corrected chi connectivity index (χ1v) is 8.75. The van der Waals surface area contributed by atoms with Gasteiger partial charge in [0.1, 0.15) is 11.5 Å². The van der Waals surface area contributed by atoms with E-state index in [1.165, 1.54) is 4.90 Å². The van der Waals surface area contributed by atoms with Gasteiger partial charge in [-0.1, -0.05) is 12.1 Å². The SMILES string of the molecule is COc1cc(C(Cl)c2ccc(SC)cc2)c(OC)cc1Br. The Morgan fingerprint density at radius 3 is 2.19 bits per heavy atom. The first kappa shape index (κ1) is 16.5. The van der Waals surface area contributed by atoms with Gasteiger partial charge in [-0.3, -0.25) is 0 Å². The van der Waals surface area contributed by atoms with Gasteiger partial charge in [0.2, 0.25) is 0 Å². The van der Waals surface area contributed by atoms with Crippen LogP contribution in [0.2, 0.25) is 0 Å². The van der Waals surface area contributed by atoms with E-state index < -0.39 is 0 Å². The summed E-state index contributed by atoms with van der Waals surface area (Å²) < 4.78 is 11.6. The number of thioether (sulfide) groups is 1. The Labute approximate surface area is 142 Å². The highest BCUT2D eigenvalue weighted by Crippen LogP contribution is 2.41. The zero-order chi connectivity index (χ0) is 15.4. The van der Waals surface area contributed by atoms with Gasteiger partial charge in [-0.25, -0.2) is 0 Å². The van der Waals surface area contributed by atoms with Crippen molar-refractivity contribution >= 4 is 39.3 Å². The first-order chi connectivity index (χ1) is 10.1. The number of alkyl halides is 1. The molecule has 0 fully saturated rings. The summed E-state index contributed by atoms with van der Waals surface area (Å²) in [7, 11) is 3.27. The molecule has 0 aromatic heterocycles. The minimum atomic E-state index is -0.294. The number of benzene rings is 2. The van der Waals surface area contributed by atoms with E-state index in [2.05, 4.69) is 34.3 Å². The van der Waals surface area contributed by atoms with Gasteiger partial charge >= 0.3 is 0 Å². The van der Waals surface area contributed by atoms with E-state index in [1.54, 1.807) is 26.0 Å². The smallest absolute Gasteiger partial charge is 0.133 e. The summed E-state index contributed by atoms with van der Waals surface area (Å²) in [4.78, 5) is 1.21. The van der Waals surface area contributed by atoms with Crippen molar-refractivity contribution in [2.24, 2.45) is 0 Å². The van der Waals surface area contributed by atoms with Crippen LogP contribution < -0.4 is 9.47 Å². The van der Waals surface area contributed by atoms with Gasteiger partial charge in [0.05, 0.1) is 24.1 Å². The largest absolute Gasteiger partial charge is 0.496 e. The van der Waals surface area contributed by atoms with E-state index in [0.717, 1.165) is 27.1 Å². The molecule has 0 aliphatic heterocycles. The molecule has 2 nitrogen and oxygen atoms in total. The third-order valence-corrected chi connectivity index (χ3v) is 5.04. The van der Waals surface area contributed by atoms with Crippen LogP contribution in [0.1, 0.15) is 16.5 Å². The minimum absolute atomic E-state index is 0.294. The predicted molar refractivity (Wildman–Crippen MR) is 93.2 cm³/mol. The van der Waals surface area contributed by atoms with Crippen LogP contribution in [-0.4, -0.2) is 20.5 Å². The Bertz CT molecular complexity index is 616. The zero-order valence-electron chi connectivity index (χ0n) is 12.0. The van der Waals surface area contributed by atoms with Crippen LogP contribution >= 0.6 is 39.3 Å². The van der Waals surface area contributed by atoms with Crippen molar-refractivity contribution in [3.05, 3.63) is 52.0 Å². The van der Waals surface area contributed by atoms with Crippen molar-refractivity contribution in [2.45, 2.75) is 10.3 Å². The van der Waals surface area contributed by atoms with Crippen molar-refractivity contribution in [3.63, 3.8) is 0 Å². The fourth-order valence-electron chi connectivity index (χ4n) is 2.03. The molecule has 112 valence electrons. The van der Waals surface area contributed by atoms with Gasteiger partial charge in [0.15, 0.2) is 0 Å². The molecule has 0 heterocycles. The molecule has 0 radical (unpaired) electrons. The summed E-state index contributed by atoms with van der Waals surface area (Å²) in [5, 5.41) is -0.294. The summed E-state index contributed by atoms with van der Waals surface area (Å²) in [6.45, 7) is 0. The maximum atomic E-state index is 6.63. The van der Waals surface area contributed by atoms with Gasteiger partial charge in [0, 0.05) is 10.5 Å². The van der Waals surface area contributed by atoms with Crippen molar-refractivity contribution in [2.75, 3.05) is 20.5 Å². The van der Waals surface area contributed by atoms with Gasteiger partial charge in [-0.2, -0.15) is 0 Å². The lowest BCUT2D eigenvalue weighted by molar-refractivity contribution is 0.397. The third kappa shape index (κ3) is 3.68. The number of halogens is 2. The second-order valence-electron chi connectivity index (χ2n) is 4.36. The average Bonchev–Trinajstić information content (AvgIpc) is 2.54. The van der Waals surface area contributed by atoms with Gasteiger partial charge in [-0.15, -0.1) is 23.4 Å². The summed E-state index contributed by atoms with van der Waals surface area (Å²) in [5.74, 6) is 1.47. The molecular formula is C16H16BrClO2S. The Morgan fingerprint density at radius 1 is 1.05 bits per heavy atom. The quantitative estimate of drug-likeness (QED) is 0.497. The average molecular weight is 388 g/mol. The zero-order valence-corrected chi connectivity index (χ0v) is 15.2. The highest BCUT2D eigenvalue weighted by atomic mass is 79.9. The van der Waals surface area contributed by atoms with E-state index in [9.17, 15) is 0 Å². The first-order valence-electron chi connectivity index (χ1n) is 6.30. The molecule has 2 rings (SSSR count). The molecule has 0 saturated heterocycles. The van der Waals surface area contributed by atoms with Crippen LogP contribution in [0.3, 0.4) is 0 Å². The van der Waals surface area contributed by atoms with Crippen LogP contribution in [-0.2, 0) is 0 Å². The number of hydrogen-bond acceptors (Lipinski definition) is 3. The molecule has 0 aliphatic carbocycles.